The molecule has 1 aromatic rings. The third-order valence-electron chi connectivity index (χ3n) is 4.31. The molecule has 3 rings (SSSR count). The van der Waals surface area contributed by atoms with Crippen LogP contribution in [-0.2, 0) is 14.4 Å². The molecule has 7 heteroatoms. The number of imide groups is 1. The quantitative estimate of drug-likeness (QED) is 0.564. The van der Waals surface area contributed by atoms with E-state index in [1.807, 2.05) is 0 Å². The summed E-state index contributed by atoms with van der Waals surface area (Å²) in [6.45, 7) is 2.49. The average Bonchev–Trinajstić information content (AvgIpc) is 2.83. The second kappa shape index (κ2) is 5.84. The van der Waals surface area contributed by atoms with Crippen LogP contribution in [0.25, 0.3) is 0 Å². The summed E-state index contributed by atoms with van der Waals surface area (Å²) in [4.78, 5) is 39.3. The number of nitrogens with zero attached hydrogens (tertiary/aromatic N) is 2. The van der Waals surface area contributed by atoms with Gasteiger partial charge in [0.1, 0.15) is 5.82 Å². The first-order chi connectivity index (χ1) is 10.6. The molecule has 2 aliphatic rings. The predicted molar refractivity (Wildman–Crippen MR) is 75.6 cm³/mol. The molecular weight excluding hydrogens is 289 g/mol. The molecule has 6 nitrogen and oxygen atoms in total. The smallest absolute Gasteiger partial charge is 0.292 e. The van der Waals surface area contributed by atoms with Crippen LogP contribution in [0.5, 0.6) is 0 Å². The van der Waals surface area contributed by atoms with Gasteiger partial charge in [0.15, 0.2) is 6.04 Å². The summed E-state index contributed by atoms with van der Waals surface area (Å²) in [5.41, 5.74) is 0.407. The lowest BCUT2D eigenvalue weighted by molar-refractivity contribution is -0.918. The molecule has 0 aromatic heterocycles. The maximum Gasteiger partial charge on any atom is 0.292 e. The van der Waals surface area contributed by atoms with E-state index in [2.05, 4.69) is 0 Å². The molecular formula is C15H17FN3O3+. The van der Waals surface area contributed by atoms with Crippen LogP contribution in [0.4, 0.5) is 10.1 Å². The fourth-order valence-corrected chi connectivity index (χ4v) is 3.08. The summed E-state index contributed by atoms with van der Waals surface area (Å²) >= 11 is 0. The monoisotopic (exact) mass is 306 g/mol. The number of anilines is 1. The van der Waals surface area contributed by atoms with Crippen LogP contribution in [0.3, 0.4) is 0 Å². The lowest BCUT2D eigenvalue weighted by atomic mass is 10.2. The molecule has 2 fully saturated rings. The van der Waals surface area contributed by atoms with Crippen molar-refractivity contribution in [2.75, 3.05) is 31.1 Å². The number of nitrogens with one attached hydrogen (secondary N) is 1. The number of amides is 3. The number of rotatable bonds is 3. The second-order valence-corrected chi connectivity index (χ2v) is 5.60. The van der Waals surface area contributed by atoms with Gasteiger partial charge in [-0.1, -0.05) is 0 Å². The standard InChI is InChI=1S/C15H16FN3O3/c16-11-1-3-12(4-2-11)19-14(21)9-13(15(19)22)18-7-5-17(10-20)6-8-18/h1-4,10,13H,5-9H2/p+1/t13-/m0/s1. The first-order valence-electron chi connectivity index (χ1n) is 7.26. The van der Waals surface area contributed by atoms with Crippen molar-refractivity contribution in [3.63, 3.8) is 0 Å². The van der Waals surface area contributed by atoms with Gasteiger partial charge in [-0.3, -0.25) is 14.4 Å². The zero-order valence-electron chi connectivity index (χ0n) is 12.0. The van der Waals surface area contributed by atoms with E-state index >= 15 is 0 Å². The van der Waals surface area contributed by atoms with Gasteiger partial charge in [-0.25, -0.2) is 9.29 Å². The normalized spacial score (nSPS) is 23.2. The van der Waals surface area contributed by atoms with E-state index in [1.165, 1.54) is 24.3 Å². The molecule has 0 radical (unpaired) electrons. The van der Waals surface area contributed by atoms with Crippen molar-refractivity contribution in [2.24, 2.45) is 0 Å². The van der Waals surface area contributed by atoms with Crippen molar-refractivity contribution in [3.05, 3.63) is 30.1 Å². The van der Waals surface area contributed by atoms with Gasteiger partial charge in [0.2, 0.25) is 12.3 Å². The molecule has 1 N–H and O–H groups in total. The molecule has 22 heavy (non-hydrogen) atoms. The highest BCUT2D eigenvalue weighted by Crippen LogP contribution is 2.22. The number of hydrogen-bond acceptors (Lipinski definition) is 3. The topological polar surface area (TPSA) is 62.1 Å². The highest BCUT2D eigenvalue weighted by Gasteiger charge is 2.46. The SMILES string of the molecule is O=CN1CC[NH+]([C@H]2CC(=O)N(c3ccc(F)cc3)C2=O)CC1. The van der Waals surface area contributed by atoms with Crippen LogP contribution in [0.1, 0.15) is 6.42 Å². The number of carbonyl (C=O) groups is 3. The minimum atomic E-state index is -0.411. The molecule has 0 bridgehead atoms. The van der Waals surface area contributed by atoms with E-state index in [0.29, 0.717) is 31.9 Å². The van der Waals surface area contributed by atoms with Crippen molar-refractivity contribution in [1.29, 1.82) is 0 Å². The lowest BCUT2D eigenvalue weighted by Gasteiger charge is -2.32. The van der Waals surface area contributed by atoms with E-state index in [-0.39, 0.29) is 18.2 Å². The highest BCUT2D eigenvalue weighted by molar-refractivity contribution is 6.21. The molecule has 0 saturated carbocycles. The van der Waals surface area contributed by atoms with Gasteiger partial charge in [-0.15, -0.1) is 0 Å². The summed E-state index contributed by atoms with van der Waals surface area (Å²) in [5.74, 6) is -0.909. The van der Waals surface area contributed by atoms with Crippen LogP contribution < -0.4 is 9.80 Å². The fourth-order valence-electron chi connectivity index (χ4n) is 3.08. The number of piperazine rings is 1. The summed E-state index contributed by atoms with van der Waals surface area (Å²) in [6.07, 6.45) is 0.968. The summed E-state index contributed by atoms with van der Waals surface area (Å²) < 4.78 is 13.0. The van der Waals surface area contributed by atoms with Crippen LogP contribution >= 0.6 is 0 Å². The van der Waals surface area contributed by atoms with Gasteiger partial charge in [0.05, 0.1) is 38.3 Å². The Morgan fingerprint density at radius 1 is 1.14 bits per heavy atom. The Morgan fingerprint density at radius 2 is 1.77 bits per heavy atom. The van der Waals surface area contributed by atoms with Crippen LogP contribution in [0.15, 0.2) is 24.3 Å². The summed E-state index contributed by atoms with van der Waals surface area (Å²) in [5, 5.41) is 0. The Kier molecular flexibility index (Phi) is 3.89. The van der Waals surface area contributed by atoms with E-state index in [0.717, 1.165) is 16.2 Å². The second-order valence-electron chi connectivity index (χ2n) is 5.60. The Bertz CT molecular complexity index is 597. The molecule has 0 spiro atoms. The number of halogens is 1. The zero-order valence-corrected chi connectivity index (χ0v) is 12.0. The molecule has 3 amide bonds. The van der Waals surface area contributed by atoms with Gasteiger partial charge < -0.3 is 9.80 Å². The van der Waals surface area contributed by atoms with E-state index in [9.17, 15) is 18.8 Å². The molecule has 2 heterocycles. The number of benzene rings is 1. The summed E-state index contributed by atoms with van der Waals surface area (Å²) in [6, 6.07) is 4.93. The third kappa shape index (κ3) is 2.59. The number of carbonyl (C=O) groups excluding carboxylic acids is 3. The third-order valence-corrected chi connectivity index (χ3v) is 4.31. The highest BCUT2D eigenvalue weighted by atomic mass is 19.1. The van der Waals surface area contributed by atoms with Crippen molar-refractivity contribution in [1.82, 2.24) is 4.90 Å². The van der Waals surface area contributed by atoms with Crippen molar-refractivity contribution in [2.45, 2.75) is 12.5 Å². The molecule has 2 aliphatic heterocycles. The maximum absolute atomic E-state index is 13.0. The minimum absolute atomic E-state index is 0.159. The zero-order chi connectivity index (χ0) is 15.7. The molecule has 0 unspecified atom stereocenters. The predicted octanol–water partition coefficient (Wildman–Crippen LogP) is -1.19. The summed E-state index contributed by atoms with van der Waals surface area (Å²) in [7, 11) is 0. The Morgan fingerprint density at radius 3 is 2.36 bits per heavy atom. The Labute approximate surface area is 127 Å². The van der Waals surface area contributed by atoms with Crippen LogP contribution in [-0.4, -0.2) is 55.3 Å². The van der Waals surface area contributed by atoms with Crippen molar-refractivity contribution >= 4 is 23.9 Å². The maximum atomic E-state index is 13.0. The van der Waals surface area contributed by atoms with E-state index in [1.54, 1.807) is 4.90 Å². The van der Waals surface area contributed by atoms with Crippen LogP contribution in [0, 0.1) is 5.82 Å². The Balaban J connectivity index is 1.74. The first-order valence-corrected chi connectivity index (χ1v) is 7.26. The molecule has 2 saturated heterocycles. The van der Waals surface area contributed by atoms with Gasteiger partial charge in [-0.2, -0.15) is 0 Å². The van der Waals surface area contributed by atoms with Gasteiger partial charge in [0, 0.05) is 0 Å². The first kappa shape index (κ1) is 14.6. The molecule has 116 valence electrons. The number of hydrogen-bond donors (Lipinski definition) is 1. The number of quaternary nitrogens is 1. The minimum Gasteiger partial charge on any atom is -0.334 e. The largest absolute Gasteiger partial charge is 0.334 e. The van der Waals surface area contributed by atoms with Crippen LogP contribution in [0.2, 0.25) is 0 Å². The average molecular weight is 306 g/mol. The van der Waals surface area contributed by atoms with E-state index in [4.69, 9.17) is 0 Å². The van der Waals surface area contributed by atoms with Gasteiger partial charge in [0.25, 0.3) is 5.91 Å². The van der Waals surface area contributed by atoms with Crippen molar-refractivity contribution in [3.8, 4) is 0 Å². The molecule has 0 aliphatic carbocycles. The Hall–Kier alpha value is -2.28. The molecule has 1 aromatic carbocycles. The van der Waals surface area contributed by atoms with E-state index < -0.39 is 11.9 Å². The molecule has 1 atom stereocenters. The fraction of sp³-hybridized carbons (Fsp3) is 0.400. The van der Waals surface area contributed by atoms with Gasteiger partial charge >= 0.3 is 0 Å². The lowest BCUT2D eigenvalue weighted by Crippen LogP contribution is -3.19. The van der Waals surface area contributed by atoms with Crippen molar-refractivity contribution < 1.29 is 23.7 Å². The van der Waals surface area contributed by atoms with Gasteiger partial charge in [-0.05, 0) is 24.3 Å².